The third-order valence-electron chi connectivity index (χ3n) is 2.26. The van der Waals surface area contributed by atoms with E-state index in [1.54, 1.807) is 6.07 Å². The molecule has 0 atom stereocenters. The first-order valence-corrected chi connectivity index (χ1v) is 5.32. The van der Waals surface area contributed by atoms with Gasteiger partial charge in [0.15, 0.2) is 0 Å². The number of halogens is 1. The number of methoxy groups -OCH3 is 1. The fourth-order valence-electron chi connectivity index (χ4n) is 1.49. The summed E-state index contributed by atoms with van der Waals surface area (Å²) in [6.45, 7) is 0. The Balaban J connectivity index is 2.54. The molecule has 1 N–H and O–H groups in total. The minimum atomic E-state index is -0.858. The summed E-state index contributed by atoms with van der Waals surface area (Å²) in [6, 6.07) is 5.42. The number of carbonyl (C=O) groups excluding carboxylic acids is 2. The fraction of sp³-hybridized carbons (Fsp3) is 0.0909. The largest absolute Gasteiger partial charge is 0.463 e. The van der Waals surface area contributed by atoms with Crippen molar-refractivity contribution in [2.75, 3.05) is 7.11 Å². The lowest BCUT2D eigenvalue weighted by Crippen LogP contribution is -2.15. The standard InChI is InChI=1S/C11H8BrNO3/c1-16-11(15)10(14)8-5-13-9-4-6(12)2-3-7(8)9/h2-5,13H,1H3. The van der Waals surface area contributed by atoms with Crippen molar-refractivity contribution in [2.45, 2.75) is 0 Å². The van der Waals surface area contributed by atoms with Gasteiger partial charge in [0, 0.05) is 21.6 Å². The van der Waals surface area contributed by atoms with Gasteiger partial charge in [-0.15, -0.1) is 0 Å². The van der Waals surface area contributed by atoms with Crippen LogP contribution in [0, 0.1) is 0 Å². The van der Waals surface area contributed by atoms with Gasteiger partial charge in [-0.1, -0.05) is 22.0 Å². The zero-order valence-electron chi connectivity index (χ0n) is 8.41. The van der Waals surface area contributed by atoms with Crippen LogP contribution in [0.1, 0.15) is 10.4 Å². The second-order valence-corrected chi connectivity index (χ2v) is 4.13. The van der Waals surface area contributed by atoms with Crippen molar-refractivity contribution in [1.29, 1.82) is 0 Å². The van der Waals surface area contributed by atoms with E-state index in [2.05, 4.69) is 25.7 Å². The Morgan fingerprint density at radius 3 is 2.81 bits per heavy atom. The average Bonchev–Trinajstić information content (AvgIpc) is 2.69. The van der Waals surface area contributed by atoms with Gasteiger partial charge in [0.1, 0.15) is 0 Å². The molecule has 0 bridgehead atoms. The zero-order chi connectivity index (χ0) is 11.7. The molecule has 0 aliphatic heterocycles. The average molecular weight is 282 g/mol. The quantitative estimate of drug-likeness (QED) is 0.522. The Kier molecular flexibility index (Phi) is 2.78. The van der Waals surface area contributed by atoms with Crippen LogP contribution in [-0.2, 0) is 9.53 Å². The molecule has 16 heavy (non-hydrogen) atoms. The van der Waals surface area contributed by atoms with Crippen LogP contribution in [0.5, 0.6) is 0 Å². The second kappa shape index (κ2) is 4.09. The molecule has 1 aromatic carbocycles. The highest BCUT2D eigenvalue weighted by molar-refractivity contribution is 9.10. The summed E-state index contributed by atoms with van der Waals surface area (Å²) in [5.74, 6) is -1.50. The molecule has 0 aliphatic carbocycles. The number of benzene rings is 1. The number of esters is 1. The number of ether oxygens (including phenoxy) is 1. The number of ketones is 1. The van der Waals surface area contributed by atoms with E-state index in [0.717, 1.165) is 9.99 Å². The molecule has 1 heterocycles. The van der Waals surface area contributed by atoms with Gasteiger partial charge in [0.05, 0.1) is 12.7 Å². The number of fused-ring (bicyclic) bond motifs is 1. The third kappa shape index (κ3) is 1.74. The summed E-state index contributed by atoms with van der Waals surface area (Å²) >= 11 is 3.32. The van der Waals surface area contributed by atoms with Gasteiger partial charge in [0.25, 0.3) is 5.78 Å². The highest BCUT2D eigenvalue weighted by Crippen LogP contribution is 2.22. The van der Waals surface area contributed by atoms with Gasteiger partial charge in [-0.05, 0) is 12.1 Å². The molecule has 5 heteroatoms. The van der Waals surface area contributed by atoms with Gasteiger partial charge in [-0.2, -0.15) is 0 Å². The molecule has 0 amide bonds. The molecule has 2 aromatic rings. The van der Waals surface area contributed by atoms with Crippen LogP contribution in [0.2, 0.25) is 0 Å². The second-order valence-electron chi connectivity index (χ2n) is 3.21. The Bertz CT molecular complexity index is 574. The normalized spacial score (nSPS) is 10.4. The minimum Gasteiger partial charge on any atom is -0.463 e. The van der Waals surface area contributed by atoms with E-state index in [4.69, 9.17) is 0 Å². The van der Waals surface area contributed by atoms with Crippen LogP contribution in [0.25, 0.3) is 10.9 Å². The van der Waals surface area contributed by atoms with Crippen molar-refractivity contribution in [3.05, 3.63) is 34.4 Å². The molecule has 2 rings (SSSR count). The van der Waals surface area contributed by atoms with Gasteiger partial charge in [-0.3, -0.25) is 4.79 Å². The van der Waals surface area contributed by atoms with E-state index in [1.807, 2.05) is 12.1 Å². The van der Waals surface area contributed by atoms with E-state index < -0.39 is 11.8 Å². The van der Waals surface area contributed by atoms with Crippen LogP contribution in [0.15, 0.2) is 28.9 Å². The van der Waals surface area contributed by atoms with Crippen molar-refractivity contribution in [3.8, 4) is 0 Å². The SMILES string of the molecule is COC(=O)C(=O)c1c[nH]c2cc(Br)ccc12. The van der Waals surface area contributed by atoms with E-state index in [0.29, 0.717) is 10.9 Å². The van der Waals surface area contributed by atoms with Gasteiger partial charge in [0.2, 0.25) is 0 Å². The van der Waals surface area contributed by atoms with Crippen LogP contribution >= 0.6 is 15.9 Å². The predicted molar refractivity (Wildman–Crippen MR) is 62.3 cm³/mol. The molecule has 0 unspecified atom stereocenters. The molecule has 82 valence electrons. The van der Waals surface area contributed by atoms with Gasteiger partial charge in [-0.25, -0.2) is 4.79 Å². The van der Waals surface area contributed by atoms with E-state index in [1.165, 1.54) is 13.3 Å². The molecule has 4 nitrogen and oxygen atoms in total. The topological polar surface area (TPSA) is 59.2 Å². The van der Waals surface area contributed by atoms with Crippen LogP contribution < -0.4 is 0 Å². The molecule has 0 fully saturated rings. The fourth-order valence-corrected chi connectivity index (χ4v) is 1.85. The van der Waals surface area contributed by atoms with Gasteiger partial charge < -0.3 is 9.72 Å². The molecular formula is C11H8BrNO3. The molecule has 0 spiro atoms. The summed E-state index contributed by atoms with van der Waals surface area (Å²) in [6.07, 6.45) is 1.51. The highest BCUT2D eigenvalue weighted by atomic mass is 79.9. The Morgan fingerprint density at radius 2 is 2.12 bits per heavy atom. The van der Waals surface area contributed by atoms with Crippen molar-refractivity contribution < 1.29 is 14.3 Å². The number of aromatic amines is 1. The molecule has 0 saturated carbocycles. The summed E-state index contributed by atoms with van der Waals surface area (Å²) in [5.41, 5.74) is 1.12. The first kappa shape index (κ1) is 10.9. The maximum absolute atomic E-state index is 11.6. The predicted octanol–water partition coefficient (Wildman–Crippen LogP) is 2.29. The zero-order valence-corrected chi connectivity index (χ0v) is 10.00. The monoisotopic (exact) mass is 281 g/mol. The molecule has 0 radical (unpaired) electrons. The molecule has 1 aromatic heterocycles. The Labute approximate surface area is 99.7 Å². The molecular weight excluding hydrogens is 274 g/mol. The lowest BCUT2D eigenvalue weighted by molar-refractivity contribution is -0.135. The summed E-state index contributed by atoms with van der Waals surface area (Å²) in [7, 11) is 1.19. The number of hydrogen-bond acceptors (Lipinski definition) is 3. The molecule has 0 saturated heterocycles. The minimum absolute atomic E-state index is 0.328. The van der Waals surface area contributed by atoms with E-state index >= 15 is 0 Å². The number of rotatable bonds is 2. The van der Waals surface area contributed by atoms with Crippen LogP contribution in [0.4, 0.5) is 0 Å². The maximum atomic E-state index is 11.6. The highest BCUT2D eigenvalue weighted by Gasteiger charge is 2.20. The van der Waals surface area contributed by atoms with Gasteiger partial charge >= 0.3 is 5.97 Å². The third-order valence-corrected chi connectivity index (χ3v) is 2.75. The first-order valence-electron chi connectivity index (χ1n) is 4.52. The number of Topliss-reactive ketones (excluding diaryl/α,β-unsaturated/α-hetero) is 1. The van der Waals surface area contributed by atoms with Crippen molar-refractivity contribution in [2.24, 2.45) is 0 Å². The Morgan fingerprint density at radius 1 is 1.38 bits per heavy atom. The maximum Gasteiger partial charge on any atom is 0.379 e. The number of hydrogen-bond donors (Lipinski definition) is 1. The smallest absolute Gasteiger partial charge is 0.379 e. The number of aromatic nitrogens is 1. The summed E-state index contributed by atoms with van der Waals surface area (Å²) in [4.78, 5) is 25.7. The van der Waals surface area contributed by atoms with Crippen molar-refractivity contribution >= 4 is 38.6 Å². The van der Waals surface area contributed by atoms with E-state index in [9.17, 15) is 9.59 Å². The lowest BCUT2D eigenvalue weighted by atomic mass is 10.1. The summed E-state index contributed by atoms with van der Waals surface area (Å²) in [5, 5.41) is 0.707. The number of H-pyrrole nitrogens is 1. The molecule has 0 aliphatic rings. The van der Waals surface area contributed by atoms with Crippen LogP contribution in [0.3, 0.4) is 0 Å². The van der Waals surface area contributed by atoms with Crippen molar-refractivity contribution in [1.82, 2.24) is 4.98 Å². The first-order chi connectivity index (χ1) is 7.63. The summed E-state index contributed by atoms with van der Waals surface area (Å²) < 4.78 is 5.30. The number of carbonyl (C=O) groups is 2. The lowest BCUT2D eigenvalue weighted by Gasteiger charge is -1.97. The van der Waals surface area contributed by atoms with Crippen molar-refractivity contribution in [3.63, 3.8) is 0 Å². The number of nitrogens with one attached hydrogen (secondary N) is 1. The van der Waals surface area contributed by atoms with Crippen LogP contribution in [-0.4, -0.2) is 23.8 Å². The Hall–Kier alpha value is -1.62. The van der Waals surface area contributed by atoms with E-state index in [-0.39, 0.29) is 0 Å².